The molecule has 1 aromatic rings. The number of ether oxygens (including phenoxy) is 1. The highest BCUT2D eigenvalue weighted by Crippen LogP contribution is 2.17. The molecule has 0 aromatic heterocycles. The summed E-state index contributed by atoms with van der Waals surface area (Å²) >= 11 is 0. The minimum absolute atomic E-state index is 0.000376. The second kappa shape index (κ2) is 7.02. The Morgan fingerprint density at radius 1 is 1.29 bits per heavy atom. The smallest absolute Gasteiger partial charge is 0.226 e. The van der Waals surface area contributed by atoms with E-state index in [0.717, 1.165) is 25.9 Å². The van der Waals surface area contributed by atoms with Gasteiger partial charge < -0.3 is 10.1 Å². The molecule has 1 fully saturated rings. The van der Waals surface area contributed by atoms with E-state index in [4.69, 9.17) is 9.88 Å². The van der Waals surface area contributed by atoms with Crippen molar-refractivity contribution in [2.45, 2.75) is 37.5 Å². The lowest BCUT2D eigenvalue weighted by Crippen LogP contribution is -2.25. The molecule has 1 saturated heterocycles. The van der Waals surface area contributed by atoms with Crippen molar-refractivity contribution in [3.63, 3.8) is 0 Å². The third kappa shape index (κ3) is 5.82. The lowest BCUT2D eigenvalue weighted by molar-refractivity contribution is -0.119. The zero-order chi connectivity index (χ0) is 15.3. The van der Waals surface area contributed by atoms with Crippen LogP contribution in [0.25, 0.3) is 0 Å². The van der Waals surface area contributed by atoms with Gasteiger partial charge in [-0.15, -0.1) is 0 Å². The van der Waals surface area contributed by atoms with Gasteiger partial charge in [0, 0.05) is 12.3 Å². The van der Waals surface area contributed by atoms with Crippen LogP contribution in [0.4, 0.5) is 5.69 Å². The summed E-state index contributed by atoms with van der Waals surface area (Å²) in [6.45, 7) is 0.722. The third-order valence-corrected chi connectivity index (χ3v) is 4.03. The van der Waals surface area contributed by atoms with Gasteiger partial charge in [-0.3, -0.25) is 4.79 Å². The van der Waals surface area contributed by atoms with Gasteiger partial charge in [-0.2, -0.15) is 0 Å². The summed E-state index contributed by atoms with van der Waals surface area (Å²) in [7, 11) is -3.54. The molecule has 6 nitrogen and oxygen atoms in total. The first-order valence-electron chi connectivity index (χ1n) is 6.93. The van der Waals surface area contributed by atoms with Gasteiger partial charge >= 0.3 is 0 Å². The normalized spacial score (nSPS) is 19.2. The second-order valence-corrected chi connectivity index (χ2v) is 6.86. The second-order valence-electron chi connectivity index (χ2n) is 5.25. The molecule has 21 heavy (non-hydrogen) atoms. The molecule has 0 spiro atoms. The topological polar surface area (TPSA) is 98.5 Å². The van der Waals surface area contributed by atoms with Crippen LogP contribution in [0.3, 0.4) is 0 Å². The van der Waals surface area contributed by atoms with E-state index in [0.29, 0.717) is 17.7 Å². The van der Waals surface area contributed by atoms with Crippen molar-refractivity contribution < 1.29 is 17.9 Å². The van der Waals surface area contributed by atoms with Gasteiger partial charge in [0.25, 0.3) is 0 Å². The van der Waals surface area contributed by atoms with Gasteiger partial charge in [-0.05, 0) is 37.0 Å². The van der Waals surface area contributed by atoms with E-state index in [1.54, 1.807) is 24.3 Å². The molecule has 1 unspecified atom stereocenters. The molecule has 1 aliphatic rings. The molecule has 2 rings (SSSR count). The molecule has 1 aromatic carbocycles. The fourth-order valence-corrected chi connectivity index (χ4v) is 2.96. The number of nitrogens with two attached hydrogens (primary N) is 1. The summed E-state index contributed by atoms with van der Waals surface area (Å²) < 4.78 is 27.5. The maximum atomic E-state index is 11.9. The molecule has 1 aliphatic heterocycles. The van der Waals surface area contributed by atoms with Gasteiger partial charge in [0.05, 0.1) is 18.3 Å². The number of primary sulfonamides is 1. The minimum atomic E-state index is -3.54. The number of anilines is 1. The Kier molecular flexibility index (Phi) is 5.33. The molecule has 1 atom stereocenters. The van der Waals surface area contributed by atoms with Crippen molar-refractivity contribution in [2.75, 3.05) is 11.9 Å². The van der Waals surface area contributed by atoms with Crippen LogP contribution in [-0.4, -0.2) is 27.0 Å². The Hall–Kier alpha value is -1.44. The van der Waals surface area contributed by atoms with E-state index in [2.05, 4.69) is 5.32 Å². The molecule has 0 aliphatic carbocycles. The standard InChI is InChI=1S/C14H20N2O4S/c15-21(18,19)10-11-4-6-12(7-5-11)16-14(17)9-13-3-1-2-8-20-13/h4-7,13H,1-3,8-10H2,(H,16,17)(H2,15,18,19). The Labute approximate surface area is 124 Å². The van der Waals surface area contributed by atoms with Crippen LogP contribution in [0.1, 0.15) is 31.2 Å². The summed E-state index contributed by atoms with van der Waals surface area (Å²) in [5.41, 5.74) is 1.22. The number of carbonyl (C=O) groups is 1. The summed E-state index contributed by atoms with van der Waals surface area (Å²) in [4.78, 5) is 11.9. The van der Waals surface area contributed by atoms with Gasteiger partial charge in [-0.1, -0.05) is 12.1 Å². The third-order valence-electron chi connectivity index (χ3n) is 3.29. The number of hydrogen-bond acceptors (Lipinski definition) is 4. The van der Waals surface area contributed by atoms with Crippen molar-refractivity contribution in [1.82, 2.24) is 0 Å². The van der Waals surface area contributed by atoms with Crippen LogP contribution in [0.2, 0.25) is 0 Å². The Morgan fingerprint density at radius 2 is 2.00 bits per heavy atom. The monoisotopic (exact) mass is 312 g/mol. The van der Waals surface area contributed by atoms with Crippen molar-refractivity contribution in [3.8, 4) is 0 Å². The summed E-state index contributed by atoms with van der Waals surface area (Å²) in [5, 5.41) is 7.76. The molecule has 7 heteroatoms. The molecule has 1 heterocycles. The van der Waals surface area contributed by atoms with E-state index < -0.39 is 10.0 Å². The number of hydrogen-bond donors (Lipinski definition) is 2. The lowest BCUT2D eigenvalue weighted by atomic mass is 10.1. The van der Waals surface area contributed by atoms with E-state index in [1.165, 1.54) is 0 Å². The molecule has 0 radical (unpaired) electrons. The van der Waals surface area contributed by atoms with Gasteiger partial charge in [0.2, 0.25) is 15.9 Å². The van der Waals surface area contributed by atoms with Crippen LogP contribution in [0.15, 0.2) is 24.3 Å². The first kappa shape index (κ1) is 15.9. The predicted molar refractivity (Wildman–Crippen MR) is 80.1 cm³/mol. The number of carbonyl (C=O) groups excluding carboxylic acids is 1. The van der Waals surface area contributed by atoms with Gasteiger partial charge in [0.1, 0.15) is 0 Å². The van der Waals surface area contributed by atoms with Crippen LogP contribution in [-0.2, 0) is 25.3 Å². The maximum Gasteiger partial charge on any atom is 0.226 e. The first-order valence-corrected chi connectivity index (χ1v) is 8.65. The molecular weight excluding hydrogens is 292 g/mol. The number of amides is 1. The lowest BCUT2D eigenvalue weighted by Gasteiger charge is -2.21. The Balaban J connectivity index is 1.86. The van der Waals surface area contributed by atoms with Crippen LogP contribution in [0.5, 0.6) is 0 Å². The average Bonchev–Trinajstić information content (AvgIpc) is 2.40. The number of sulfonamides is 1. The zero-order valence-corrected chi connectivity index (χ0v) is 12.6. The average molecular weight is 312 g/mol. The molecule has 0 saturated carbocycles. The van der Waals surface area contributed by atoms with E-state index >= 15 is 0 Å². The van der Waals surface area contributed by atoms with E-state index in [9.17, 15) is 13.2 Å². The first-order chi connectivity index (χ1) is 9.92. The SMILES string of the molecule is NS(=O)(=O)Cc1ccc(NC(=O)CC2CCCCO2)cc1. The Bertz CT molecular complexity index is 577. The van der Waals surface area contributed by atoms with E-state index in [-0.39, 0.29) is 17.8 Å². The van der Waals surface area contributed by atoms with Crippen molar-refractivity contribution in [2.24, 2.45) is 5.14 Å². The molecule has 1 amide bonds. The quantitative estimate of drug-likeness (QED) is 0.858. The number of rotatable bonds is 5. The highest BCUT2D eigenvalue weighted by molar-refractivity contribution is 7.88. The zero-order valence-electron chi connectivity index (χ0n) is 11.7. The number of benzene rings is 1. The fraction of sp³-hybridized carbons (Fsp3) is 0.500. The van der Waals surface area contributed by atoms with Crippen LogP contribution < -0.4 is 10.5 Å². The van der Waals surface area contributed by atoms with Crippen molar-refractivity contribution >= 4 is 21.6 Å². The molecule has 116 valence electrons. The van der Waals surface area contributed by atoms with Gasteiger partial charge in [0.15, 0.2) is 0 Å². The van der Waals surface area contributed by atoms with Gasteiger partial charge in [-0.25, -0.2) is 13.6 Å². The predicted octanol–water partition coefficient (Wildman–Crippen LogP) is 1.37. The van der Waals surface area contributed by atoms with Crippen molar-refractivity contribution in [1.29, 1.82) is 0 Å². The maximum absolute atomic E-state index is 11.9. The minimum Gasteiger partial charge on any atom is -0.378 e. The summed E-state index contributed by atoms with van der Waals surface area (Å²) in [5.74, 6) is -0.307. The fourth-order valence-electron chi connectivity index (χ4n) is 2.30. The highest BCUT2D eigenvalue weighted by Gasteiger charge is 2.17. The molecule has 3 N–H and O–H groups in total. The van der Waals surface area contributed by atoms with Crippen LogP contribution >= 0.6 is 0 Å². The molecule has 0 bridgehead atoms. The highest BCUT2D eigenvalue weighted by atomic mass is 32.2. The largest absolute Gasteiger partial charge is 0.378 e. The molecular formula is C14H20N2O4S. The summed E-state index contributed by atoms with van der Waals surface area (Å²) in [6, 6.07) is 6.61. The summed E-state index contributed by atoms with van der Waals surface area (Å²) in [6.07, 6.45) is 3.42. The Morgan fingerprint density at radius 3 is 2.57 bits per heavy atom. The van der Waals surface area contributed by atoms with Crippen molar-refractivity contribution in [3.05, 3.63) is 29.8 Å². The van der Waals surface area contributed by atoms with E-state index in [1.807, 2.05) is 0 Å². The van der Waals surface area contributed by atoms with Crippen LogP contribution in [0, 0.1) is 0 Å². The number of nitrogens with one attached hydrogen (secondary N) is 1.